The minimum Gasteiger partial charge on any atom is -0.312 e. The molecule has 0 aromatic carbocycles. The van der Waals surface area contributed by atoms with Crippen molar-refractivity contribution < 1.29 is 0 Å². The van der Waals surface area contributed by atoms with Gasteiger partial charge in [0.2, 0.25) is 0 Å². The molecule has 3 heteroatoms. The van der Waals surface area contributed by atoms with Crippen LogP contribution in [0, 0.1) is 29.1 Å². The summed E-state index contributed by atoms with van der Waals surface area (Å²) in [6.07, 6.45) is 1.69. The maximum atomic E-state index is 8.79. The van der Waals surface area contributed by atoms with Gasteiger partial charge in [-0.2, -0.15) is 5.26 Å². The lowest BCUT2D eigenvalue weighted by Crippen LogP contribution is -2.29. The van der Waals surface area contributed by atoms with Crippen molar-refractivity contribution in [1.82, 2.24) is 10.3 Å². The van der Waals surface area contributed by atoms with Crippen molar-refractivity contribution in [2.24, 2.45) is 17.8 Å². The Bertz CT molecular complexity index is 396. The van der Waals surface area contributed by atoms with E-state index in [1.165, 1.54) is 0 Å². The normalized spacial score (nSPS) is 11.2. The van der Waals surface area contributed by atoms with Crippen LogP contribution in [-0.2, 0) is 6.54 Å². The molecular weight excluding hydrogens is 222 g/mol. The first kappa shape index (κ1) is 14.7. The number of rotatable bonds is 6. The Labute approximate surface area is 110 Å². The smallest absolute Gasteiger partial charge is 0.140 e. The van der Waals surface area contributed by atoms with E-state index >= 15 is 0 Å². The molecule has 0 amide bonds. The van der Waals surface area contributed by atoms with E-state index in [1.807, 2.05) is 12.1 Å². The van der Waals surface area contributed by atoms with Crippen molar-refractivity contribution in [3.05, 3.63) is 29.6 Å². The summed E-state index contributed by atoms with van der Waals surface area (Å²) in [5.41, 5.74) is 1.60. The van der Waals surface area contributed by atoms with Crippen LogP contribution in [0.3, 0.4) is 0 Å². The molecule has 1 heterocycles. The molecule has 3 nitrogen and oxygen atoms in total. The molecule has 18 heavy (non-hydrogen) atoms. The average molecular weight is 245 g/mol. The molecule has 0 aliphatic rings. The molecule has 1 N–H and O–H groups in total. The lowest BCUT2D eigenvalue weighted by molar-refractivity contribution is 0.275. The van der Waals surface area contributed by atoms with E-state index < -0.39 is 0 Å². The van der Waals surface area contributed by atoms with Gasteiger partial charge in [-0.1, -0.05) is 27.7 Å². The summed E-state index contributed by atoms with van der Waals surface area (Å²) in [5, 5.41) is 12.3. The van der Waals surface area contributed by atoms with E-state index in [0.717, 1.165) is 18.7 Å². The lowest BCUT2D eigenvalue weighted by Gasteiger charge is -2.25. The van der Waals surface area contributed by atoms with Gasteiger partial charge in [-0.3, -0.25) is 0 Å². The summed E-state index contributed by atoms with van der Waals surface area (Å²) < 4.78 is 0. The van der Waals surface area contributed by atoms with Crippen molar-refractivity contribution in [3.63, 3.8) is 0 Å². The van der Waals surface area contributed by atoms with Crippen molar-refractivity contribution >= 4 is 0 Å². The molecule has 0 aliphatic carbocycles. The first-order chi connectivity index (χ1) is 8.54. The molecule has 1 aromatic rings. The van der Waals surface area contributed by atoms with Crippen molar-refractivity contribution in [1.29, 1.82) is 5.26 Å². The number of pyridine rings is 1. The third kappa shape index (κ3) is 4.46. The summed E-state index contributed by atoms with van der Waals surface area (Å²) in [7, 11) is 0. The van der Waals surface area contributed by atoms with Crippen LogP contribution in [0.15, 0.2) is 18.3 Å². The number of aromatic nitrogens is 1. The number of nitriles is 1. The zero-order valence-corrected chi connectivity index (χ0v) is 11.8. The average Bonchev–Trinajstić information content (AvgIpc) is 2.34. The summed E-state index contributed by atoms with van der Waals surface area (Å²) in [5.74, 6) is 2.05. The fourth-order valence-electron chi connectivity index (χ4n) is 2.27. The van der Waals surface area contributed by atoms with Gasteiger partial charge in [0.1, 0.15) is 11.8 Å². The Morgan fingerprint density at radius 3 is 2.50 bits per heavy atom. The van der Waals surface area contributed by atoms with E-state index in [9.17, 15) is 0 Å². The van der Waals surface area contributed by atoms with Crippen LogP contribution in [0.2, 0.25) is 0 Å². The van der Waals surface area contributed by atoms with Crippen LogP contribution in [0.5, 0.6) is 0 Å². The molecule has 0 radical (unpaired) electrons. The summed E-state index contributed by atoms with van der Waals surface area (Å²) >= 11 is 0. The van der Waals surface area contributed by atoms with Gasteiger partial charge in [-0.25, -0.2) is 4.98 Å². The fourth-order valence-corrected chi connectivity index (χ4v) is 2.27. The second kappa shape index (κ2) is 7.13. The number of nitrogens with zero attached hydrogens (tertiary/aromatic N) is 2. The first-order valence-corrected chi connectivity index (χ1v) is 6.60. The van der Waals surface area contributed by atoms with Crippen LogP contribution >= 0.6 is 0 Å². The van der Waals surface area contributed by atoms with Gasteiger partial charge < -0.3 is 5.32 Å². The van der Waals surface area contributed by atoms with Gasteiger partial charge in [0.05, 0.1) is 0 Å². The third-order valence-corrected chi connectivity index (χ3v) is 3.36. The highest BCUT2D eigenvalue weighted by molar-refractivity contribution is 5.25. The Morgan fingerprint density at radius 2 is 1.94 bits per heavy atom. The van der Waals surface area contributed by atoms with Gasteiger partial charge in [0.15, 0.2) is 0 Å². The number of hydrogen-bond donors (Lipinski definition) is 1. The van der Waals surface area contributed by atoms with Crippen molar-refractivity contribution in [2.75, 3.05) is 6.54 Å². The highest BCUT2D eigenvalue weighted by Gasteiger charge is 2.16. The van der Waals surface area contributed by atoms with Gasteiger partial charge in [0.25, 0.3) is 0 Å². The minimum atomic E-state index is 0.485. The topological polar surface area (TPSA) is 48.7 Å². The second-order valence-corrected chi connectivity index (χ2v) is 5.44. The standard InChI is InChI=1S/C15H23N3/c1-11(2)15(12(3)4)10-17-9-13-5-6-18-14(7-13)8-16/h5-7,11-12,15,17H,9-10H2,1-4H3. The molecule has 1 aromatic heterocycles. The Balaban J connectivity index is 2.48. The Morgan fingerprint density at radius 1 is 1.28 bits per heavy atom. The zero-order chi connectivity index (χ0) is 13.5. The van der Waals surface area contributed by atoms with Crippen molar-refractivity contribution in [2.45, 2.75) is 34.2 Å². The van der Waals surface area contributed by atoms with Gasteiger partial charge in [0, 0.05) is 12.7 Å². The molecule has 0 unspecified atom stereocenters. The first-order valence-electron chi connectivity index (χ1n) is 6.60. The summed E-state index contributed by atoms with van der Waals surface area (Å²) in [6.45, 7) is 10.9. The second-order valence-electron chi connectivity index (χ2n) is 5.44. The van der Waals surface area contributed by atoms with Crippen LogP contribution in [0.1, 0.15) is 39.0 Å². The molecule has 0 atom stereocenters. The minimum absolute atomic E-state index is 0.485. The van der Waals surface area contributed by atoms with Crippen LogP contribution in [0.25, 0.3) is 0 Å². The molecule has 98 valence electrons. The van der Waals surface area contributed by atoms with E-state index in [-0.39, 0.29) is 0 Å². The van der Waals surface area contributed by atoms with Crippen molar-refractivity contribution in [3.8, 4) is 6.07 Å². The monoisotopic (exact) mass is 245 g/mol. The largest absolute Gasteiger partial charge is 0.312 e. The number of hydrogen-bond acceptors (Lipinski definition) is 3. The van der Waals surface area contributed by atoms with E-state index in [2.05, 4.69) is 44.1 Å². The van der Waals surface area contributed by atoms with Crippen LogP contribution in [0.4, 0.5) is 0 Å². The summed E-state index contributed by atoms with van der Waals surface area (Å²) in [6, 6.07) is 5.86. The van der Waals surface area contributed by atoms with Gasteiger partial charge in [-0.15, -0.1) is 0 Å². The van der Waals surface area contributed by atoms with Crippen LogP contribution < -0.4 is 5.32 Å². The van der Waals surface area contributed by atoms with Gasteiger partial charge >= 0.3 is 0 Å². The Hall–Kier alpha value is -1.40. The molecule has 0 fully saturated rings. The lowest BCUT2D eigenvalue weighted by atomic mass is 9.85. The fraction of sp³-hybridized carbons (Fsp3) is 0.600. The van der Waals surface area contributed by atoms with E-state index in [1.54, 1.807) is 6.20 Å². The van der Waals surface area contributed by atoms with E-state index in [4.69, 9.17) is 5.26 Å². The predicted molar refractivity (Wildman–Crippen MR) is 73.8 cm³/mol. The third-order valence-electron chi connectivity index (χ3n) is 3.36. The highest BCUT2D eigenvalue weighted by atomic mass is 14.9. The summed E-state index contributed by atoms with van der Waals surface area (Å²) in [4.78, 5) is 3.97. The quantitative estimate of drug-likeness (QED) is 0.838. The molecule has 1 rings (SSSR count). The molecule has 0 saturated heterocycles. The maximum absolute atomic E-state index is 8.79. The molecule has 0 aliphatic heterocycles. The van der Waals surface area contributed by atoms with E-state index in [0.29, 0.717) is 23.4 Å². The maximum Gasteiger partial charge on any atom is 0.140 e. The molecule has 0 spiro atoms. The predicted octanol–water partition coefficient (Wildman–Crippen LogP) is 2.97. The zero-order valence-electron chi connectivity index (χ0n) is 11.8. The highest BCUT2D eigenvalue weighted by Crippen LogP contribution is 2.19. The van der Waals surface area contributed by atoms with Gasteiger partial charge in [-0.05, 0) is 42.0 Å². The molecule has 0 saturated carbocycles. The molecule has 0 bridgehead atoms. The SMILES string of the molecule is CC(C)C(CNCc1ccnc(C#N)c1)C(C)C. The number of nitrogens with one attached hydrogen (secondary N) is 1. The van der Waals surface area contributed by atoms with Crippen LogP contribution in [-0.4, -0.2) is 11.5 Å². The Kier molecular flexibility index (Phi) is 5.80. The molecular formula is C15H23N3.